The molecule has 1 aromatic carbocycles. The molecule has 0 amide bonds. The number of aliphatic hydroxyl groups is 1. The van der Waals surface area contributed by atoms with E-state index < -0.39 is 5.60 Å². The maximum absolute atomic E-state index is 9.91. The number of halogens is 1. The molecule has 0 fully saturated rings. The summed E-state index contributed by atoms with van der Waals surface area (Å²) in [6.07, 6.45) is 0. The van der Waals surface area contributed by atoms with E-state index in [9.17, 15) is 5.11 Å². The van der Waals surface area contributed by atoms with Gasteiger partial charge < -0.3 is 9.84 Å². The molecule has 0 spiro atoms. The van der Waals surface area contributed by atoms with Crippen molar-refractivity contribution in [3.63, 3.8) is 0 Å². The van der Waals surface area contributed by atoms with Crippen LogP contribution in [0.3, 0.4) is 0 Å². The van der Waals surface area contributed by atoms with Gasteiger partial charge in [0.25, 0.3) is 0 Å². The van der Waals surface area contributed by atoms with Crippen molar-refractivity contribution >= 4 is 11.6 Å². The van der Waals surface area contributed by atoms with E-state index in [0.717, 1.165) is 5.56 Å². The van der Waals surface area contributed by atoms with Crippen LogP contribution in [0.15, 0.2) is 24.3 Å². The molecule has 1 N–H and O–H groups in total. The smallest absolute Gasteiger partial charge is 0.110 e. The molecular formula is C10H13ClO2. The highest BCUT2D eigenvalue weighted by atomic mass is 35.5. The predicted octanol–water partition coefficient (Wildman–Crippen LogP) is 2.19. The van der Waals surface area contributed by atoms with Gasteiger partial charge in [0.1, 0.15) is 5.60 Å². The lowest BCUT2D eigenvalue weighted by Gasteiger charge is -2.22. The minimum atomic E-state index is -0.945. The van der Waals surface area contributed by atoms with Gasteiger partial charge in [-0.25, -0.2) is 0 Å². The van der Waals surface area contributed by atoms with Crippen molar-refractivity contribution in [1.82, 2.24) is 0 Å². The zero-order valence-corrected chi connectivity index (χ0v) is 8.51. The highest BCUT2D eigenvalue weighted by Crippen LogP contribution is 2.22. The molecule has 0 radical (unpaired) electrons. The highest BCUT2D eigenvalue weighted by Gasteiger charge is 2.22. The quantitative estimate of drug-likeness (QED) is 0.811. The van der Waals surface area contributed by atoms with E-state index >= 15 is 0 Å². The molecule has 3 heteroatoms. The molecule has 1 rings (SSSR count). The molecule has 2 nitrogen and oxygen atoms in total. The molecule has 72 valence electrons. The minimum Gasteiger partial charge on any atom is -0.383 e. The Bertz CT molecular complexity index is 267. The third-order valence-electron chi connectivity index (χ3n) is 1.89. The Balaban J connectivity index is 2.87. The average molecular weight is 201 g/mol. The Hall–Kier alpha value is -0.570. The van der Waals surface area contributed by atoms with Crippen LogP contribution in [-0.2, 0) is 10.3 Å². The first-order chi connectivity index (χ1) is 6.06. The first-order valence-corrected chi connectivity index (χ1v) is 4.41. The zero-order valence-electron chi connectivity index (χ0n) is 7.75. The molecule has 0 bridgehead atoms. The van der Waals surface area contributed by atoms with E-state index in [2.05, 4.69) is 0 Å². The monoisotopic (exact) mass is 200 g/mol. The second-order valence-electron chi connectivity index (χ2n) is 3.21. The summed E-state index contributed by atoms with van der Waals surface area (Å²) in [7, 11) is 1.56. The van der Waals surface area contributed by atoms with Crippen molar-refractivity contribution in [2.75, 3.05) is 13.7 Å². The van der Waals surface area contributed by atoms with Gasteiger partial charge in [0.15, 0.2) is 0 Å². The van der Waals surface area contributed by atoms with Gasteiger partial charge in [-0.1, -0.05) is 23.7 Å². The maximum Gasteiger partial charge on any atom is 0.110 e. The van der Waals surface area contributed by atoms with Gasteiger partial charge in [-0.3, -0.25) is 0 Å². The summed E-state index contributed by atoms with van der Waals surface area (Å²) in [6, 6.07) is 7.09. The lowest BCUT2D eigenvalue weighted by Crippen LogP contribution is -2.26. The van der Waals surface area contributed by atoms with Crippen molar-refractivity contribution in [2.45, 2.75) is 12.5 Å². The second kappa shape index (κ2) is 4.09. The minimum absolute atomic E-state index is 0.272. The molecule has 13 heavy (non-hydrogen) atoms. The van der Waals surface area contributed by atoms with Gasteiger partial charge in [-0.05, 0) is 24.6 Å². The average Bonchev–Trinajstić information content (AvgIpc) is 2.05. The standard InChI is InChI=1S/C10H13ClO2/c1-10(12,7-13-2)8-3-5-9(11)6-4-8/h3-6,12H,7H2,1-2H3. The van der Waals surface area contributed by atoms with Crippen LogP contribution >= 0.6 is 11.6 Å². The van der Waals surface area contributed by atoms with Crippen LogP contribution < -0.4 is 0 Å². The lowest BCUT2D eigenvalue weighted by atomic mass is 9.97. The maximum atomic E-state index is 9.91. The van der Waals surface area contributed by atoms with E-state index in [0.29, 0.717) is 5.02 Å². The molecular weight excluding hydrogens is 188 g/mol. The van der Waals surface area contributed by atoms with E-state index in [1.807, 2.05) is 0 Å². The van der Waals surface area contributed by atoms with Gasteiger partial charge in [0, 0.05) is 12.1 Å². The molecule has 1 unspecified atom stereocenters. The molecule has 1 aromatic rings. The Morgan fingerprint density at radius 3 is 2.38 bits per heavy atom. The van der Waals surface area contributed by atoms with Crippen LogP contribution in [0.4, 0.5) is 0 Å². The van der Waals surface area contributed by atoms with E-state index in [4.69, 9.17) is 16.3 Å². The molecule has 0 heterocycles. The lowest BCUT2D eigenvalue weighted by molar-refractivity contribution is -0.0208. The summed E-state index contributed by atoms with van der Waals surface area (Å²) < 4.78 is 4.91. The van der Waals surface area contributed by atoms with Crippen molar-refractivity contribution in [1.29, 1.82) is 0 Å². The Labute approximate surface area is 83.1 Å². The summed E-state index contributed by atoms with van der Waals surface area (Å²) in [4.78, 5) is 0. The largest absolute Gasteiger partial charge is 0.383 e. The fourth-order valence-corrected chi connectivity index (χ4v) is 1.30. The first-order valence-electron chi connectivity index (χ1n) is 4.03. The SMILES string of the molecule is COCC(C)(O)c1ccc(Cl)cc1. The van der Waals surface area contributed by atoms with Gasteiger partial charge in [-0.2, -0.15) is 0 Å². The molecule has 0 aromatic heterocycles. The Morgan fingerprint density at radius 1 is 1.38 bits per heavy atom. The van der Waals surface area contributed by atoms with Crippen molar-refractivity contribution < 1.29 is 9.84 Å². The summed E-state index contributed by atoms with van der Waals surface area (Å²) in [5.74, 6) is 0. The summed E-state index contributed by atoms with van der Waals surface area (Å²) in [5.41, 5.74) is -0.141. The van der Waals surface area contributed by atoms with Gasteiger partial charge in [0.2, 0.25) is 0 Å². The Kier molecular flexibility index (Phi) is 3.31. The van der Waals surface area contributed by atoms with Crippen LogP contribution in [0.25, 0.3) is 0 Å². The van der Waals surface area contributed by atoms with E-state index in [-0.39, 0.29) is 6.61 Å². The third kappa shape index (κ3) is 2.69. The topological polar surface area (TPSA) is 29.5 Å². The second-order valence-corrected chi connectivity index (χ2v) is 3.65. The molecule has 0 aliphatic rings. The first kappa shape index (κ1) is 10.5. The van der Waals surface area contributed by atoms with Crippen molar-refractivity contribution in [2.24, 2.45) is 0 Å². The van der Waals surface area contributed by atoms with E-state index in [1.54, 1.807) is 38.3 Å². The number of hydrogen-bond donors (Lipinski definition) is 1. The number of ether oxygens (including phenoxy) is 1. The molecule has 0 aliphatic carbocycles. The van der Waals surface area contributed by atoms with Crippen LogP contribution in [-0.4, -0.2) is 18.8 Å². The van der Waals surface area contributed by atoms with E-state index in [1.165, 1.54) is 0 Å². The zero-order chi connectivity index (χ0) is 9.90. The van der Waals surface area contributed by atoms with Crippen LogP contribution in [0, 0.1) is 0 Å². The number of rotatable bonds is 3. The third-order valence-corrected chi connectivity index (χ3v) is 2.14. The molecule has 0 saturated carbocycles. The summed E-state index contributed by atoms with van der Waals surface area (Å²) >= 11 is 5.73. The van der Waals surface area contributed by atoms with Gasteiger partial charge >= 0.3 is 0 Å². The van der Waals surface area contributed by atoms with Gasteiger partial charge in [-0.15, -0.1) is 0 Å². The van der Waals surface area contributed by atoms with Crippen molar-refractivity contribution in [3.05, 3.63) is 34.9 Å². The fourth-order valence-electron chi connectivity index (χ4n) is 1.17. The Morgan fingerprint density at radius 2 is 1.92 bits per heavy atom. The van der Waals surface area contributed by atoms with Crippen molar-refractivity contribution in [3.8, 4) is 0 Å². The fraction of sp³-hybridized carbons (Fsp3) is 0.400. The highest BCUT2D eigenvalue weighted by molar-refractivity contribution is 6.30. The predicted molar refractivity (Wildman–Crippen MR) is 52.9 cm³/mol. The number of benzene rings is 1. The molecule has 0 saturated heterocycles. The number of methoxy groups -OCH3 is 1. The number of hydrogen-bond acceptors (Lipinski definition) is 2. The molecule has 1 atom stereocenters. The van der Waals surface area contributed by atoms with Crippen LogP contribution in [0.1, 0.15) is 12.5 Å². The normalized spacial score (nSPS) is 15.4. The summed E-state index contributed by atoms with van der Waals surface area (Å²) in [6.45, 7) is 1.98. The van der Waals surface area contributed by atoms with Crippen LogP contribution in [0.2, 0.25) is 5.02 Å². The van der Waals surface area contributed by atoms with Gasteiger partial charge in [0.05, 0.1) is 6.61 Å². The summed E-state index contributed by atoms with van der Waals surface area (Å²) in [5, 5.41) is 10.6. The van der Waals surface area contributed by atoms with Crippen LogP contribution in [0.5, 0.6) is 0 Å². The molecule has 0 aliphatic heterocycles.